The fraction of sp³-hybridized carbons (Fsp3) is 0.455. The molecule has 1 atom stereocenters. The highest BCUT2D eigenvalue weighted by atomic mass is 16.6. The van der Waals surface area contributed by atoms with Gasteiger partial charge in [0, 0.05) is 23.1 Å². The fourth-order valence-corrected chi connectivity index (χ4v) is 3.40. The molecule has 150 valence electrons. The van der Waals surface area contributed by atoms with Crippen molar-refractivity contribution in [3.63, 3.8) is 0 Å². The standard InChI is InChI=1S/C22H22N2O5/c25-22-23-21(29-14-17-13-26-9-10-27-17)12-19-18-6-5-16(4-3-15-1-2-15)11-20(18)28-8-7-24(19)22/h5-6,11-12,15,17H,1-2,7-10,13-14H2. The third-order valence-corrected chi connectivity index (χ3v) is 5.12. The number of benzene rings is 1. The second-order valence-electron chi connectivity index (χ2n) is 7.40. The normalized spacial score (nSPS) is 20.3. The zero-order chi connectivity index (χ0) is 19.6. The van der Waals surface area contributed by atoms with Crippen LogP contribution in [0, 0.1) is 17.8 Å². The SMILES string of the molecule is O=c1nc(OCC2COCCO2)cc2n1CCOc1cc(C#CC3CC3)ccc1-2. The van der Waals surface area contributed by atoms with E-state index in [0.717, 1.165) is 22.6 Å². The van der Waals surface area contributed by atoms with Crippen molar-refractivity contribution in [2.75, 3.05) is 33.0 Å². The molecule has 3 aliphatic rings. The van der Waals surface area contributed by atoms with Crippen molar-refractivity contribution in [3.8, 4) is 34.7 Å². The number of rotatable bonds is 3. The molecular formula is C22H22N2O5. The summed E-state index contributed by atoms with van der Waals surface area (Å²) in [5.74, 6) is 8.03. The van der Waals surface area contributed by atoms with Crippen LogP contribution in [0.2, 0.25) is 0 Å². The molecule has 1 aromatic heterocycles. The fourth-order valence-electron chi connectivity index (χ4n) is 3.40. The predicted octanol–water partition coefficient (Wildman–Crippen LogP) is 1.86. The molecule has 1 aromatic carbocycles. The minimum Gasteiger partial charge on any atom is -0.491 e. The molecule has 1 aliphatic carbocycles. The number of fused-ring (bicyclic) bond motifs is 3. The van der Waals surface area contributed by atoms with E-state index >= 15 is 0 Å². The first-order valence-electron chi connectivity index (χ1n) is 9.99. The van der Waals surface area contributed by atoms with Crippen LogP contribution in [0.4, 0.5) is 0 Å². The number of hydrogen-bond donors (Lipinski definition) is 0. The Kier molecular flexibility index (Phi) is 4.96. The zero-order valence-electron chi connectivity index (χ0n) is 16.1. The van der Waals surface area contributed by atoms with Gasteiger partial charge in [-0.15, -0.1) is 0 Å². The maximum atomic E-state index is 12.6. The molecule has 5 rings (SSSR count). The van der Waals surface area contributed by atoms with E-state index in [4.69, 9.17) is 18.9 Å². The molecule has 0 bridgehead atoms. The lowest BCUT2D eigenvalue weighted by Crippen LogP contribution is -2.34. The van der Waals surface area contributed by atoms with Crippen LogP contribution < -0.4 is 15.2 Å². The molecular weight excluding hydrogens is 372 g/mol. The van der Waals surface area contributed by atoms with Gasteiger partial charge in [-0.2, -0.15) is 4.98 Å². The van der Waals surface area contributed by atoms with Crippen molar-refractivity contribution < 1.29 is 18.9 Å². The van der Waals surface area contributed by atoms with Gasteiger partial charge in [-0.1, -0.05) is 11.8 Å². The van der Waals surface area contributed by atoms with Crippen LogP contribution in [0.1, 0.15) is 18.4 Å². The van der Waals surface area contributed by atoms with Crippen molar-refractivity contribution in [2.45, 2.75) is 25.5 Å². The maximum absolute atomic E-state index is 12.6. The van der Waals surface area contributed by atoms with Gasteiger partial charge >= 0.3 is 5.69 Å². The van der Waals surface area contributed by atoms with E-state index in [1.165, 1.54) is 12.8 Å². The topological polar surface area (TPSA) is 71.8 Å². The predicted molar refractivity (Wildman–Crippen MR) is 105 cm³/mol. The third-order valence-electron chi connectivity index (χ3n) is 5.12. The van der Waals surface area contributed by atoms with Crippen LogP contribution in [-0.2, 0) is 16.0 Å². The minimum absolute atomic E-state index is 0.157. The van der Waals surface area contributed by atoms with E-state index in [9.17, 15) is 4.79 Å². The van der Waals surface area contributed by atoms with E-state index in [0.29, 0.717) is 38.9 Å². The van der Waals surface area contributed by atoms with Gasteiger partial charge in [0.1, 0.15) is 25.1 Å². The lowest BCUT2D eigenvalue weighted by molar-refractivity contribution is -0.102. The molecule has 29 heavy (non-hydrogen) atoms. The number of nitrogens with zero attached hydrogens (tertiary/aromatic N) is 2. The molecule has 2 fully saturated rings. The van der Waals surface area contributed by atoms with Gasteiger partial charge in [0.25, 0.3) is 0 Å². The number of ether oxygens (including phenoxy) is 4. The summed E-state index contributed by atoms with van der Waals surface area (Å²) in [6, 6.07) is 7.64. The van der Waals surface area contributed by atoms with E-state index < -0.39 is 0 Å². The Labute approximate surface area is 168 Å². The highest BCUT2D eigenvalue weighted by Gasteiger charge is 2.21. The van der Waals surface area contributed by atoms with Gasteiger partial charge in [0.2, 0.25) is 5.88 Å². The first-order valence-corrected chi connectivity index (χ1v) is 9.99. The van der Waals surface area contributed by atoms with Gasteiger partial charge in [0.15, 0.2) is 0 Å². The molecule has 2 aromatic rings. The third kappa shape index (κ3) is 4.14. The molecule has 0 N–H and O–H groups in total. The van der Waals surface area contributed by atoms with Crippen molar-refractivity contribution >= 4 is 0 Å². The van der Waals surface area contributed by atoms with E-state index in [1.54, 1.807) is 10.6 Å². The Morgan fingerprint density at radius 3 is 2.97 bits per heavy atom. The highest BCUT2D eigenvalue weighted by Crippen LogP contribution is 2.34. The van der Waals surface area contributed by atoms with Crippen LogP contribution in [-0.4, -0.2) is 48.7 Å². The molecule has 1 saturated heterocycles. The summed E-state index contributed by atoms with van der Waals surface area (Å²) in [4.78, 5) is 16.7. The lowest BCUT2D eigenvalue weighted by Gasteiger charge is -2.22. The summed E-state index contributed by atoms with van der Waals surface area (Å²) < 4.78 is 24.2. The van der Waals surface area contributed by atoms with Gasteiger partial charge < -0.3 is 18.9 Å². The summed E-state index contributed by atoms with van der Waals surface area (Å²) >= 11 is 0. The molecule has 7 heteroatoms. The first kappa shape index (κ1) is 18.2. The molecule has 0 radical (unpaired) electrons. The van der Waals surface area contributed by atoms with Crippen LogP contribution in [0.3, 0.4) is 0 Å². The van der Waals surface area contributed by atoms with Gasteiger partial charge in [-0.05, 0) is 31.0 Å². The number of aromatic nitrogens is 2. The van der Waals surface area contributed by atoms with Gasteiger partial charge in [-0.3, -0.25) is 4.57 Å². The van der Waals surface area contributed by atoms with E-state index in [2.05, 4.69) is 16.8 Å². The second-order valence-corrected chi connectivity index (χ2v) is 7.40. The van der Waals surface area contributed by atoms with Crippen molar-refractivity contribution in [1.82, 2.24) is 9.55 Å². The monoisotopic (exact) mass is 394 g/mol. The maximum Gasteiger partial charge on any atom is 0.351 e. The summed E-state index contributed by atoms with van der Waals surface area (Å²) in [7, 11) is 0. The van der Waals surface area contributed by atoms with Crippen molar-refractivity contribution in [1.29, 1.82) is 0 Å². The molecule has 3 heterocycles. The lowest BCUT2D eigenvalue weighted by atomic mass is 10.1. The Morgan fingerprint density at radius 2 is 2.14 bits per heavy atom. The quantitative estimate of drug-likeness (QED) is 0.740. The average Bonchev–Trinajstić information content (AvgIpc) is 3.58. The molecule has 2 aliphatic heterocycles. The molecule has 7 nitrogen and oxygen atoms in total. The Bertz CT molecular complexity index is 1030. The minimum atomic E-state index is -0.354. The molecule has 0 amide bonds. The molecule has 0 spiro atoms. The number of hydrogen-bond acceptors (Lipinski definition) is 6. The summed E-state index contributed by atoms with van der Waals surface area (Å²) in [6.07, 6.45) is 2.23. The van der Waals surface area contributed by atoms with Gasteiger partial charge in [0.05, 0.1) is 32.1 Å². The smallest absolute Gasteiger partial charge is 0.351 e. The summed E-state index contributed by atoms with van der Waals surface area (Å²) in [5, 5.41) is 0. The second kappa shape index (κ2) is 7.90. The Balaban J connectivity index is 1.43. The highest BCUT2D eigenvalue weighted by molar-refractivity contribution is 5.70. The van der Waals surface area contributed by atoms with Gasteiger partial charge in [-0.25, -0.2) is 4.79 Å². The van der Waals surface area contributed by atoms with Crippen LogP contribution in [0.5, 0.6) is 11.6 Å². The molecule has 1 saturated carbocycles. The summed E-state index contributed by atoms with van der Waals surface area (Å²) in [5.41, 5.74) is 2.13. The zero-order valence-corrected chi connectivity index (χ0v) is 16.1. The van der Waals surface area contributed by atoms with E-state index in [1.807, 2.05) is 18.2 Å². The van der Waals surface area contributed by atoms with Crippen molar-refractivity contribution in [2.24, 2.45) is 5.92 Å². The summed E-state index contributed by atoms with van der Waals surface area (Å²) in [6.45, 7) is 2.73. The molecule has 1 unspecified atom stereocenters. The van der Waals surface area contributed by atoms with Crippen LogP contribution in [0.25, 0.3) is 11.3 Å². The van der Waals surface area contributed by atoms with Crippen LogP contribution >= 0.6 is 0 Å². The first-order chi connectivity index (χ1) is 14.3. The van der Waals surface area contributed by atoms with Crippen molar-refractivity contribution in [3.05, 3.63) is 40.3 Å². The average molecular weight is 394 g/mol. The van der Waals surface area contributed by atoms with Crippen LogP contribution in [0.15, 0.2) is 29.1 Å². The Morgan fingerprint density at radius 1 is 1.21 bits per heavy atom. The van der Waals surface area contributed by atoms with E-state index in [-0.39, 0.29) is 24.3 Å². The largest absolute Gasteiger partial charge is 0.491 e. The Hall–Kier alpha value is -2.82.